The molecule has 180 valence electrons. The molecule has 0 spiro atoms. The molecular formula is C26H27FN6OS. The molecule has 2 aromatic heterocycles. The molecule has 2 saturated heterocycles. The summed E-state index contributed by atoms with van der Waals surface area (Å²) in [4.78, 5) is 32.5. The van der Waals surface area contributed by atoms with Crippen molar-refractivity contribution in [2.75, 3.05) is 39.3 Å². The molecule has 0 atom stereocenters. The molecule has 0 saturated carbocycles. The predicted octanol–water partition coefficient (Wildman–Crippen LogP) is 3.39. The molecular weight excluding hydrogens is 463 g/mol. The maximum atomic E-state index is 14.1. The Morgan fingerprint density at radius 3 is 2.69 bits per heavy atom. The van der Waals surface area contributed by atoms with E-state index in [1.807, 2.05) is 40.7 Å². The van der Waals surface area contributed by atoms with Gasteiger partial charge in [-0.05, 0) is 23.8 Å². The number of carbonyl (C=O) groups excluding carboxylic acids is 1. The van der Waals surface area contributed by atoms with Crippen LogP contribution in [0.4, 0.5) is 4.39 Å². The molecule has 2 aromatic carbocycles. The highest BCUT2D eigenvalue weighted by Gasteiger charge is 2.37. The third-order valence-corrected chi connectivity index (χ3v) is 7.79. The van der Waals surface area contributed by atoms with E-state index in [0.29, 0.717) is 29.4 Å². The fourth-order valence-corrected chi connectivity index (χ4v) is 5.66. The first-order valence-electron chi connectivity index (χ1n) is 12.0. The van der Waals surface area contributed by atoms with E-state index in [1.165, 1.54) is 11.1 Å². The van der Waals surface area contributed by atoms with Crippen LogP contribution in [-0.4, -0.2) is 80.9 Å². The van der Waals surface area contributed by atoms with Crippen LogP contribution in [0.3, 0.4) is 0 Å². The molecule has 6 rings (SSSR count). The van der Waals surface area contributed by atoms with Gasteiger partial charge >= 0.3 is 0 Å². The average Bonchev–Trinajstić information content (AvgIpc) is 3.50. The van der Waals surface area contributed by atoms with Gasteiger partial charge in [0, 0.05) is 63.3 Å². The highest BCUT2D eigenvalue weighted by molar-refractivity contribution is 7.09. The quantitative estimate of drug-likeness (QED) is 0.449. The molecule has 0 bridgehead atoms. The van der Waals surface area contributed by atoms with Crippen LogP contribution in [0.1, 0.15) is 26.8 Å². The Kier molecular flexibility index (Phi) is 6.05. The minimum absolute atomic E-state index is 0.0235. The summed E-state index contributed by atoms with van der Waals surface area (Å²) in [6.07, 6.45) is 2.22. The van der Waals surface area contributed by atoms with E-state index < -0.39 is 0 Å². The summed E-state index contributed by atoms with van der Waals surface area (Å²) in [5, 5.41) is 3.20. The van der Waals surface area contributed by atoms with Gasteiger partial charge in [-0.15, -0.1) is 11.3 Å². The van der Waals surface area contributed by atoms with Gasteiger partial charge in [-0.25, -0.2) is 14.4 Å². The second kappa shape index (κ2) is 9.49. The number of hydrogen-bond donors (Lipinski definition) is 1. The lowest BCUT2D eigenvalue weighted by Gasteiger charge is -2.48. The van der Waals surface area contributed by atoms with Gasteiger partial charge in [0.2, 0.25) is 0 Å². The van der Waals surface area contributed by atoms with E-state index in [9.17, 15) is 9.18 Å². The van der Waals surface area contributed by atoms with Crippen molar-refractivity contribution < 1.29 is 9.18 Å². The van der Waals surface area contributed by atoms with Gasteiger partial charge in [0.1, 0.15) is 16.6 Å². The van der Waals surface area contributed by atoms with Crippen molar-refractivity contribution in [3.8, 4) is 0 Å². The van der Waals surface area contributed by atoms with Crippen LogP contribution in [0, 0.1) is 5.82 Å². The third kappa shape index (κ3) is 4.59. The Bertz CT molecular complexity index is 1320. The fourth-order valence-electron chi connectivity index (χ4n) is 5.00. The molecule has 4 heterocycles. The Labute approximate surface area is 207 Å². The number of carbonyl (C=O) groups is 1. The summed E-state index contributed by atoms with van der Waals surface area (Å²) >= 11 is 1.71. The highest BCUT2D eigenvalue weighted by atomic mass is 32.1. The van der Waals surface area contributed by atoms with Crippen LogP contribution in [0.15, 0.2) is 54.0 Å². The lowest BCUT2D eigenvalue weighted by Crippen LogP contribution is -2.64. The lowest BCUT2D eigenvalue weighted by molar-refractivity contribution is 0.00657. The first-order valence-corrected chi connectivity index (χ1v) is 12.9. The topological polar surface area (TPSA) is 68.4 Å². The number of H-pyrrole nitrogens is 1. The number of thiazole rings is 1. The number of piperazine rings is 1. The highest BCUT2D eigenvalue weighted by Crippen LogP contribution is 2.24. The van der Waals surface area contributed by atoms with Gasteiger partial charge in [-0.2, -0.15) is 0 Å². The SMILES string of the molecule is O=C(c1cccc2nc(Cc3ccccc3F)[nH]c12)N1CC(N2CCN(Cc3nccs3)CC2)C1. The van der Waals surface area contributed by atoms with E-state index in [4.69, 9.17) is 0 Å². The molecule has 1 N–H and O–H groups in total. The number of fused-ring (bicyclic) bond motifs is 1. The zero-order chi connectivity index (χ0) is 23.8. The maximum Gasteiger partial charge on any atom is 0.256 e. The summed E-state index contributed by atoms with van der Waals surface area (Å²) in [7, 11) is 0. The minimum Gasteiger partial charge on any atom is -0.341 e. The first-order chi connectivity index (χ1) is 17.1. The third-order valence-electron chi connectivity index (χ3n) is 7.03. The van der Waals surface area contributed by atoms with Gasteiger partial charge in [0.05, 0.1) is 23.1 Å². The Morgan fingerprint density at radius 1 is 1.09 bits per heavy atom. The number of hydrogen-bond acceptors (Lipinski definition) is 6. The second-order valence-electron chi connectivity index (χ2n) is 9.25. The van der Waals surface area contributed by atoms with Crippen molar-refractivity contribution in [3.63, 3.8) is 0 Å². The Hall–Kier alpha value is -3.14. The number of halogens is 1. The average molecular weight is 491 g/mol. The Balaban J connectivity index is 1.07. The van der Waals surface area contributed by atoms with Crippen molar-refractivity contribution in [1.82, 2.24) is 29.7 Å². The fraction of sp³-hybridized carbons (Fsp3) is 0.346. The van der Waals surface area contributed by atoms with Gasteiger partial charge in [0.25, 0.3) is 5.91 Å². The second-order valence-corrected chi connectivity index (χ2v) is 10.2. The van der Waals surface area contributed by atoms with Crippen LogP contribution in [-0.2, 0) is 13.0 Å². The molecule has 9 heteroatoms. The number of likely N-dealkylation sites (tertiary alicyclic amines) is 1. The number of nitrogens with one attached hydrogen (secondary N) is 1. The molecule has 7 nitrogen and oxygen atoms in total. The van der Waals surface area contributed by atoms with Crippen molar-refractivity contribution in [2.24, 2.45) is 0 Å². The van der Waals surface area contributed by atoms with Gasteiger partial charge in [0.15, 0.2) is 0 Å². The summed E-state index contributed by atoms with van der Waals surface area (Å²) in [5.41, 5.74) is 2.66. The summed E-state index contributed by atoms with van der Waals surface area (Å²) in [5.74, 6) is 0.428. The molecule has 0 radical (unpaired) electrons. The van der Waals surface area contributed by atoms with Crippen molar-refractivity contribution in [2.45, 2.75) is 19.0 Å². The lowest BCUT2D eigenvalue weighted by atomic mass is 10.0. The normalized spacial score (nSPS) is 17.7. The molecule has 0 unspecified atom stereocenters. The molecule has 1 amide bonds. The largest absolute Gasteiger partial charge is 0.341 e. The molecule has 35 heavy (non-hydrogen) atoms. The van der Waals surface area contributed by atoms with Crippen LogP contribution in [0.25, 0.3) is 11.0 Å². The van der Waals surface area contributed by atoms with Crippen LogP contribution in [0.2, 0.25) is 0 Å². The maximum absolute atomic E-state index is 14.1. The molecule has 0 aliphatic carbocycles. The van der Waals surface area contributed by atoms with E-state index >= 15 is 0 Å². The first kappa shape index (κ1) is 22.3. The van der Waals surface area contributed by atoms with Gasteiger partial charge in [-0.3, -0.25) is 14.6 Å². The van der Waals surface area contributed by atoms with Crippen LogP contribution < -0.4 is 0 Å². The number of rotatable bonds is 6. The smallest absolute Gasteiger partial charge is 0.256 e. The summed E-state index contributed by atoms with van der Waals surface area (Å²) in [6, 6.07) is 12.7. The number of imidazole rings is 1. The number of aromatic amines is 1. The van der Waals surface area contributed by atoms with E-state index in [0.717, 1.165) is 56.8 Å². The predicted molar refractivity (Wildman–Crippen MR) is 134 cm³/mol. The van der Waals surface area contributed by atoms with Gasteiger partial charge in [-0.1, -0.05) is 24.3 Å². The van der Waals surface area contributed by atoms with Crippen LogP contribution >= 0.6 is 11.3 Å². The Morgan fingerprint density at radius 2 is 1.91 bits per heavy atom. The van der Waals surface area contributed by atoms with E-state index in [-0.39, 0.29) is 11.7 Å². The van der Waals surface area contributed by atoms with Crippen molar-refractivity contribution in [1.29, 1.82) is 0 Å². The number of para-hydroxylation sites is 1. The number of benzene rings is 2. The standard InChI is InChI=1S/C26H27FN6OS/c27-21-6-2-1-4-18(21)14-23-29-22-7-3-5-20(25(22)30-23)26(34)33-15-19(16-33)32-11-9-31(10-12-32)17-24-28-8-13-35-24/h1-8,13,19H,9-12,14-17H2,(H,29,30). The molecule has 2 fully saturated rings. The number of amides is 1. The van der Waals surface area contributed by atoms with Crippen molar-refractivity contribution >= 4 is 28.3 Å². The summed E-state index contributed by atoms with van der Waals surface area (Å²) < 4.78 is 14.1. The van der Waals surface area contributed by atoms with E-state index in [2.05, 4.69) is 24.8 Å². The zero-order valence-electron chi connectivity index (χ0n) is 19.4. The van der Waals surface area contributed by atoms with Crippen molar-refractivity contribution in [3.05, 3.63) is 81.8 Å². The molecule has 2 aliphatic heterocycles. The number of aromatic nitrogens is 3. The molecule has 2 aliphatic rings. The summed E-state index contributed by atoms with van der Waals surface area (Å²) in [6.45, 7) is 6.52. The zero-order valence-corrected chi connectivity index (χ0v) is 20.2. The monoisotopic (exact) mass is 490 g/mol. The van der Waals surface area contributed by atoms with Gasteiger partial charge < -0.3 is 9.88 Å². The minimum atomic E-state index is -0.250. The number of nitrogens with zero attached hydrogens (tertiary/aromatic N) is 5. The molecule has 4 aromatic rings. The van der Waals surface area contributed by atoms with E-state index in [1.54, 1.807) is 23.5 Å². The van der Waals surface area contributed by atoms with Crippen LogP contribution in [0.5, 0.6) is 0 Å².